The van der Waals surface area contributed by atoms with E-state index in [0.717, 1.165) is 12.3 Å². The molecule has 4 rings (SSSR count). The van der Waals surface area contributed by atoms with Crippen LogP contribution in [-0.4, -0.2) is 54.5 Å². The molecule has 2 amide bonds. The van der Waals surface area contributed by atoms with Gasteiger partial charge >= 0.3 is 6.18 Å². The van der Waals surface area contributed by atoms with Crippen molar-refractivity contribution < 1.29 is 31.9 Å². The van der Waals surface area contributed by atoms with Crippen molar-refractivity contribution in [1.29, 1.82) is 0 Å². The molecule has 1 aliphatic rings. The van der Waals surface area contributed by atoms with Crippen LogP contribution in [-0.2, 0) is 11.0 Å². The monoisotopic (exact) mass is 488 g/mol. The highest BCUT2D eigenvalue weighted by atomic mass is 19.4. The first kappa shape index (κ1) is 24.1. The largest absolute Gasteiger partial charge is 0.484 e. The van der Waals surface area contributed by atoms with Gasteiger partial charge in [-0.05, 0) is 42.8 Å². The molecule has 2 aromatic heterocycles. The Labute approximate surface area is 199 Å². The molecule has 0 radical (unpaired) electrons. The van der Waals surface area contributed by atoms with Gasteiger partial charge in [-0.15, -0.1) is 0 Å². The molecule has 0 saturated carbocycles. The summed E-state index contributed by atoms with van der Waals surface area (Å²) in [5, 5.41) is 2.69. The molecular weight excluding hydrogens is 465 g/mol. The number of anilines is 2. The lowest BCUT2D eigenvalue weighted by atomic mass is 10.2. The summed E-state index contributed by atoms with van der Waals surface area (Å²) in [6.07, 6.45) is -1.56. The first-order valence-electron chi connectivity index (χ1n) is 10.9. The lowest BCUT2D eigenvalue weighted by Gasteiger charge is -2.23. The third-order valence-corrected chi connectivity index (χ3v) is 5.45. The lowest BCUT2D eigenvalue weighted by Crippen LogP contribution is -2.38. The maximum atomic E-state index is 12.8. The Morgan fingerprint density at radius 1 is 1.06 bits per heavy atom. The number of pyridine rings is 1. The number of carbonyl (C=O) groups is 2. The number of ether oxygens (including phenoxy) is 1. The lowest BCUT2D eigenvalue weighted by molar-refractivity contribution is -0.137. The molecule has 0 unspecified atom stereocenters. The second-order valence-corrected chi connectivity index (χ2v) is 7.87. The smallest absolute Gasteiger partial charge is 0.417 e. The molecule has 1 aliphatic heterocycles. The van der Waals surface area contributed by atoms with Crippen molar-refractivity contribution in [3.63, 3.8) is 0 Å². The summed E-state index contributed by atoms with van der Waals surface area (Å²) < 4.78 is 49.0. The third kappa shape index (κ3) is 6.31. The van der Waals surface area contributed by atoms with E-state index >= 15 is 0 Å². The van der Waals surface area contributed by atoms with Crippen LogP contribution in [0.3, 0.4) is 0 Å². The van der Waals surface area contributed by atoms with Gasteiger partial charge in [0.25, 0.3) is 11.8 Å². The standard InChI is InChI=1S/C24H23F3N4O4/c25-24(26,27)17-7-8-21(28-15-17)30-9-3-10-31(12-11-30)22(32)16-35-19-5-1-4-18(14-19)29-23(33)20-6-2-13-34-20/h1-2,4-8,13-15H,3,9-12,16H2,(H,29,33). The topological polar surface area (TPSA) is 87.9 Å². The highest BCUT2D eigenvalue weighted by molar-refractivity contribution is 6.02. The molecule has 35 heavy (non-hydrogen) atoms. The number of halogens is 3. The van der Waals surface area contributed by atoms with Gasteiger partial charge in [-0.1, -0.05) is 6.07 Å². The fourth-order valence-electron chi connectivity index (χ4n) is 3.64. The Morgan fingerprint density at radius 2 is 1.91 bits per heavy atom. The molecule has 1 N–H and O–H groups in total. The molecule has 3 heterocycles. The van der Waals surface area contributed by atoms with Crippen LogP contribution in [0.25, 0.3) is 0 Å². The molecule has 0 spiro atoms. The van der Waals surface area contributed by atoms with Gasteiger partial charge in [0.2, 0.25) is 0 Å². The zero-order chi connectivity index (χ0) is 24.8. The molecule has 8 nitrogen and oxygen atoms in total. The predicted octanol–water partition coefficient (Wildman–Crippen LogP) is 4.06. The van der Waals surface area contributed by atoms with Gasteiger partial charge in [0.1, 0.15) is 11.6 Å². The minimum Gasteiger partial charge on any atom is -0.484 e. The number of amides is 2. The Hall–Kier alpha value is -4.02. The summed E-state index contributed by atoms with van der Waals surface area (Å²) in [6, 6.07) is 12.2. The Kier molecular flexibility index (Phi) is 7.23. The molecule has 0 bridgehead atoms. The molecule has 184 valence electrons. The van der Waals surface area contributed by atoms with E-state index in [1.54, 1.807) is 41.3 Å². The van der Waals surface area contributed by atoms with Gasteiger partial charge < -0.3 is 24.3 Å². The number of hydrogen-bond donors (Lipinski definition) is 1. The van der Waals surface area contributed by atoms with E-state index in [2.05, 4.69) is 10.3 Å². The first-order valence-corrected chi connectivity index (χ1v) is 10.9. The molecule has 3 aromatic rings. The van der Waals surface area contributed by atoms with Crippen LogP contribution in [0.15, 0.2) is 65.4 Å². The van der Waals surface area contributed by atoms with Gasteiger partial charge in [-0.2, -0.15) is 13.2 Å². The van der Waals surface area contributed by atoms with E-state index in [4.69, 9.17) is 9.15 Å². The minimum atomic E-state index is -4.43. The van der Waals surface area contributed by atoms with E-state index in [9.17, 15) is 22.8 Å². The summed E-state index contributed by atoms with van der Waals surface area (Å²) >= 11 is 0. The summed E-state index contributed by atoms with van der Waals surface area (Å²) in [5.74, 6) is 0.420. The van der Waals surface area contributed by atoms with Gasteiger partial charge in [0, 0.05) is 44.1 Å². The van der Waals surface area contributed by atoms with Gasteiger partial charge in [0.05, 0.1) is 11.8 Å². The van der Waals surface area contributed by atoms with Crippen molar-refractivity contribution in [1.82, 2.24) is 9.88 Å². The van der Waals surface area contributed by atoms with Crippen molar-refractivity contribution in [2.75, 3.05) is 43.0 Å². The molecule has 1 aromatic carbocycles. The number of hydrogen-bond acceptors (Lipinski definition) is 6. The molecule has 0 aliphatic carbocycles. The molecule has 1 fully saturated rings. The van der Waals surface area contributed by atoms with Gasteiger partial charge in [-0.25, -0.2) is 4.98 Å². The Morgan fingerprint density at radius 3 is 2.63 bits per heavy atom. The number of nitrogens with zero attached hydrogens (tertiary/aromatic N) is 3. The molecule has 0 atom stereocenters. The quantitative estimate of drug-likeness (QED) is 0.563. The number of nitrogens with one attached hydrogen (secondary N) is 1. The van der Waals surface area contributed by atoms with E-state index in [1.807, 2.05) is 4.90 Å². The van der Waals surface area contributed by atoms with Crippen LogP contribution in [0.5, 0.6) is 5.75 Å². The number of benzene rings is 1. The SMILES string of the molecule is O=C(Nc1cccc(OCC(=O)N2CCCN(c3ccc(C(F)(F)F)cn3)CC2)c1)c1ccco1. The maximum absolute atomic E-state index is 12.8. The Bertz CT molecular complexity index is 1150. The zero-order valence-electron chi connectivity index (χ0n) is 18.6. The number of carbonyl (C=O) groups excluding carboxylic acids is 2. The zero-order valence-corrected chi connectivity index (χ0v) is 18.6. The highest BCUT2D eigenvalue weighted by Gasteiger charge is 2.31. The van der Waals surface area contributed by atoms with Crippen molar-refractivity contribution in [3.05, 3.63) is 72.3 Å². The molecule has 1 saturated heterocycles. The van der Waals surface area contributed by atoms with Crippen molar-refractivity contribution in [3.8, 4) is 5.75 Å². The van der Waals surface area contributed by atoms with Crippen LogP contribution in [0.4, 0.5) is 24.7 Å². The summed E-state index contributed by atoms with van der Waals surface area (Å²) in [7, 11) is 0. The van der Waals surface area contributed by atoms with Gasteiger partial charge in [-0.3, -0.25) is 9.59 Å². The van der Waals surface area contributed by atoms with Crippen molar-refractivity contribution in [2.24, 2.45) is 0 Å². The van der Waals surface area contributed by atoms with Crippen LogP contribution >= 0.6 is 0 Å². The predicted molar refractivity (Wildman–Crippen MR) is 121 cm³/mol. The van der Waals surface area contributed by atoms with E-state index < -0.39 is 17.6 Å². The second kappa shape index (κ2) is 10.5. The number of furan rings is 1. The summed E-state index contributed by atoms with van der Waals surface area (Å²) in [4.78, 5) is 32.3. The fraction of sp³-hybridized carbons (Fsp3) is 0.292. The molecule has 11 heteroatoms. The minimum absolute atomic E-state index is 0.174. The number of aromatic nitrogens is 1. The van der Waals surface area contributed by atoms with Crippen LogP contribution < -0.4 is 15.0 Å². The first-order chi connectivity index (χ1) is 16.8. The molecular formula is C24H23F3N4O4. The highest BCUT2D eigenvalue weighted by Crippen LogP contribution is 2.29. The van der Waals surface area contributed by atoms with Crippen molar-refractivity contribution in [2.45, 2.75) is 12.6 Å². The average molecular weight is 488 g/mol. The maximum Gasteiger partial charge on any atom is 0.417 e. The number of alkyl halides is 3. The van der Waals surface area contributed by atoms with Crippen LogP contribution in [0.1, 0.15) is 22.5 Å². The summed E-state index contributed by atoms with van der Waals surface area (Å²) in [6.45, 7) is 1.72. The van der Waals surface area contributed by atoms with Crippen LogP contribution in [0.2, 0.25) is 0 Å². The fourth-order valence-corrected chi connectivity index (χ4v) is 3.64. The normalized spacial score (nSPS) is 14.4. The Balaban J connectivity index is 1.28. The number of rotatable bonds is 6. The van der Waals surface area contributed by atoms with E-state index in [-0.39, 0.29) is 18.3 Å². The van der Waals surface area contributed by atoms with Crippen LogP contribution in [0, 0.1) is 0 Å². The van der Waals surface area contributed by atoms with Crippen molar-refractivity contribution >= 4 is 23.3 Å². The third-order valence-electron chi connectivity index (χ3n) is 5.45. The van der Waals surface area contributed by atoms with E-state index in [1.165, 1.54) is 12.3 Å². The average Bonchev–Trinajstić information content (AvgIpc) is 3.27. The second-order valence-electron chi connectivity index (χ2n) is 7.87. The van der Waals surface area contributed by atoms with Gasteiger partial charge in [0.15, 0.2) is 12.4 Å². The van der Waals surface area contributed by atoms with E-state index in [0.29, 0.717) is 49.9 Å². The summed E-state index contributed by atoms with van der Waals surface area (Å²) in [5.41, 5.74) is -0.305.